The lowest BCUT2D eigenvalue weighted by Crippen LogP contribution is -2.02. The average Bonchev–Trinajstić information content (AvgIpc) is 2.74. The summed E-state index contributed by atoms with van der Waals surface area (Å²) >= 11 is 0. The minimum absolute atomic E-state index is 0.159. The first-order valence-electron chi connectivity index (χ1n) is 5.49. The molecule has 0 aliphatic heterocycles. The molecule has 0 spiro atoms. The lowest BCUT2D eigenvalue weighted by atomic mass is 9.87. The zero-order chi connectivity index (χ0) is 10.6. The maximum absolute atomic E-state index is 11.3. The van der Waals surface area contributed by atoms with E-state index in [0.717, 1.165) is 12.0 Å². The third-order valence-electron chi connectivity index (χ3n) is 3.83. The highest BCUT2D eigenvalue weighted by Gasteiger charge is 2.39. The van der Waals surface area contributed by atoms with E-state index in [2.05, 4.69) is 18.7 Å². The fourth-order valence-electron chi connectivity index (χ4n) is 3.04. The number of rotatable bonds is 1. The number of fused-ring (bicyclic) bond motifs is 5. The first-order valence-corrected chi connectivity index (χ1v) is 5.49. The number of carbonyl (C=O) groups excluding carboxylic acids is 1. The lowest BCUT2D eigenvalue weighted by Gasteiger charge is -2.17. The molecule has 3 rings (SSSR count). The van der Waals surface area contributed by atoms with Crippen LogP contribution >= 0.6 is 0 Å². The summed E-state index contributed by atoms with van der Waals surface area (Å²) in [6.07, 6.45) is 2.37. The molecule has 0 saturated heterocycles. The molecule has 0 aromatic heterocycles. The van der Waals surface area contributed by atoms with Gasteiger partial charge in [0.25, 0.3) is 0 Å². The van der Waals surface area contributed by atoms with E-state index < -0.39 is 0 Å². The molecule has 1 fully saturated rings. The van der Waals surface area contributed by atoms with Gasteiger partial charge in [-0.3, -0.25) is 4.79 Å². The summed E-state index contributed by atoms with van der Waals surface area (Å²) < 4.78 is 0. The van der Waals surface area contributed by atoms with Crippen LogP contribution in [0.5, 0.6) is 0 Å². The van der Waals surface area contributed by atoms with Crippen molar-refractivity contribution in [3.8, 4) is 0 Å². The van der Waals surface area contributed by atoms with Crippen molar-refractivity contribution in [1.82, 2.24) is 0 Å². The predicted octanol–water partition coefficient (Wildman–Crippen LogP) is 3.42. The Morgan fingerprint density at radius 3 is 2.93 bits per heavy atom. The molecule has 76 valence electrons. The van der Waals surface area contributed by atoms with Gasteiger partial charge < -0.3 is 0 Å². The smallest absolute Gasteiger partial charge is 0.159 e. The van der Waals surface area contributed by atoms with Gasteiger partial charge in [0.2, 0.25) is 0 Å². The normalized spacial score (nSPS) is 26.9. The van der Waals surface area contributed by atoms with Crippen LogP contribution in [0.15, 0.2) is 30.4 Å². The highest BCUT2D eigenvalue weighted by Crippen LogP contribution is 2.55. The van der Waals surface area contributed by atoms with Crippen molar-refractivity contribution in [3.63, 3.8) is 0 Å². The highest BCUT2D eigenvalue weighted by molar-refractivity contribution is 5.94. The van der Waals surface area contributed by atoms with Crippen molar-refractivity contribution in [3.05, 3.63) is 47.0 Å². The van der Waals surface area contributed by atoms with E-state index >= 15 is 0 Å². The molecule has 2 aliphatic rings. The third kappa shape index (κ3) is 1.12. The molecule has 2 aliphatic carbocycles. The van der Waals surface area contributed by atoms with Gasteiger partial charge in [-0.15, -0.1) is 0 Å². The molecule has 1 aromatic carbocycles. The molecule has 2 atom stereocenters. The zero-order valence-corrected chi connectivity index (χ0v) is 8.92. The van der Waals surface area contributed by atoms with Gasteiger partial charge in [0.1, 0.15) is 0 Å². The molecule has 2 unspecified atom stereocenters. The minimum Gasteiger partial charge on any atom is -0.295 e. The number of carbonyl (C=O) groups is 1. The molecule has 0 radical (unpaired) electrons. The van der Waals surface area contributed by atoms with Crippen LogP contribution in [0.25, 0.3) is 0 Å². The number of Topliss-reactive ketones (excluding diaryl/α,β-unsaturated/α-hetero) is 1. The van der Waals surface area contributed by atoms with Crippen molar-refractivity contribution in [2.75, 3.05) is 0 Å². The van der Waals surface area contributed by atoms with E-state index in [-0.39, 0.29) is 5.78 Å². The molecule has 1 nitrogen and oxygen atoms in total. The summed E-state index contributed by atoms with van der Waals surface area (Å²) in [6.45, 7) is 5.75. The van der Waals surface area contributed by atoms with Crippen LogP contribution in [0, 0.1) is 0 Å². The van der Waals surface area contributed by atoms with Crippen LogP contribution in [0.1, 0.15) is 53.1 Å². The van der Waals surface area contributed by atoms with E-state index in [9.17, 15) is 4.79 Å². The Labute approximate surface area is 89.8 Å². The van der Waals surface area contributed by atoms with Gasteiger partial charge in [0.15, 0.2) is 5.78 Å². The minimum atomic E-state index is 0.159. The molecule has 15 heavy (non-hydrogen) atoms. The lowest BCUT2D eigenvalue weighted by molar-refractivity contribution is 0.101. The second kappa shape index (κ2) is 2.82. The van der Waals surface area contributed by atoms with Crippen molar-refractivity contribution in [2.24, 2.45) is 0 Å². The number of allylic oxidation sites excluding steroid dienone is 1. The average molecular weight is 198 g/mol. The maximum Gasteiger partial charge on any atom is 0.159 e. The van der Waals surface area contributed by atoms with E-state index in [1.165, 1.54) is 23.1 Å². The van der Waals surface area contributed by atoms with E-state index in [1.807, 2.05) is 6.07 Å². The van der Waals surface area contributed by atoms with Crippen LogP contribution in [0.2, 0.25) is 0 Å². The fraction of sp³-hybridized carbons (Fsp3) is 0.357. The van der Waals surface area contributed by atoms with Gasteiger partial charge in [-0.1, -0.05) is 24.3 Å². The Balaban J connectivity index is 2.14. The summed E-state index contributed by atoms with van der Waals surface area (Å²) in [5.41, 5.74) is 5.02. The maximum atomic E-state index is 11.3. The Morgan fingerprint density at radius 2 is 2.20 bits per heavy atom. The Bertz CT molecular complexity index is 470. The van der Waals surface area contributed by atoms with Gasteiger partial charge >= 0.3 is 0 Å². The van der Waals surface area contributed by atoms with Crippen LogP contribution < -0.4 is 0 Å². The highest BCUT2D eigenvalue weighted by atomic mass is 16.1. The van der Waals surface area contributed by atoms with Crippen LogP contribution in [0.3, 0.4) is 0 Å². The third-order valence-corrected chi connectivity index (χ3v) is 3.83. The van der Waals surface area contributed by atoms with Gasteiger partial charge in [0.05, 0.1) is 0 Å². The van der Waals surface area contributed by atoms with Crippen molar-refractivity contribution in [2.45, 2.75) is 31.6 Å². The second-order valence-electron chi connectivity index (χ2n) is 4.75. The molecule has 2 bridgehead atoms. The molecular weight excluding hydrogens is 184 g/mol. The molecule has 1 saturated carbocycles. The number of ketones is 1. The number of hydrogen-bond acceptors (Lipinski definition) is 1. The molecule has 0 amide bonds. The van der Waals surface area contributed by atoms with E-state index in [0.29, 0.717) is 11.8 Å². The Hall–Kier alpha value is -1.37. The number of hydrogen-bond donors (Lipinski definition) is 0. The summed E-state index contributed by atoms with van der Waals surface area (Å²) in [5.74, 6) is 1.37. The van der Waals surface area contributed by atoms with Crippen LogP contribution in [0.4, 0.5) is 0 Å². The molecular formula is C14H14O. The van der Waals surface area contributed by atoms with Crippen molar-refractivity contribution < 1.29 is 4.79 Å². The summed E-state index contributed by atoms with van der Waals surface area (Å²) in [7, 11) is 0. The topological polar surface area (TPSA) is 17.1 Å². The van der Waals surface area contributed by atoms with Crippen molar-refractivity contribution >= 4 is 5.78 Å². The first kappa shape index (κ1) is 8.90. The van der Waals surface area contributed by atoms with Crippen LogP contribution in [-0.2, 0) is 0 Å². The van der Waals surface area contributed by atoms with E-state index in [4.69, 9.17) is 0 Å². The first-order chi connectivity index (χ1) is 7.16. The molecule has 1 aromatic rings. The second-order valence-corrected chi connectivity index (χ2v) is 4.75. The summed E-state index contributed by atoms with van der Waals surface area (Å²) in [4.78, 5) is 11.3. The molecule has 1 heteroatoms. The Kier molecular flexibility index (Phi) is 1.67. The van der Waals surface area contributed by atoms with Gasteiger partial charge in [-0.2, -0.15) is 0 Å². The van der Waals surface area contributed by atoms with Gasteiger partial charge in [-0.05, 0) is 42.9 Å². The Morgan fingerprint density at radius 1 is 1.40 bits per heavy atom. The van der Waals surface area contributed by atoms with Gasteiger partial charge in [0, 0.05) is 11.5 Å². The quantitative estimate of drug-likeness (QED) is 0.499. The standard InChI is InChI=1S/C14H14O/c1-8-5-11-7-13(8)14-6-10(9(2)15)3-4-12(11)14/h3-4,6,11,13H,1,5,7H2,2H3. The predicted molar refractivity (Wildman–Crippen MR) is 60.3 cm³/mol. The largest absolute Gasteiger partial charge is 0.295 e. The number of benzene rings is 1. The van der Waals surface area contributed by atoms with Crippen molar-refractivity contribution in [1.29, 1.82) is 0 Å². The molecule has 0 heterocycles. The van der Waals surface area contributed by atoms with Gasteiger partial charge in [-0.25, -0.2) is 0 Å². The van der Waals surface area contributed by atoms with Crippen LogP contribution in [-0.4, -0.2) is 5.78 Å². The monoisotopic (exact) mass is 198 g/mol. The zero-order valence-electron chi connectivity index (χ0n) is 8.92. The fourth-order valence-corrected chi connectivity index (χ4v) is 3.04. The molecule has 0 N–H and O–H groups in total. The van der Waals surface area contributed by atoms with E-state index in [1.54, 1.807) is 6.92 Å². The SMILES string of the molecule is C=C1CC2CC1c1cc(C(C)=O)ccc12. The summed E-state index contributed by atoms with van der Waals surface area (Å²) in [6, 6.07) is 6.18. The summed E-state index contributed by atoms with van der Waals surface area (Å²) in [5, 5.41) is 0.